The van der Waals surface area contributed by atoms with Crippen LogP contribution < -0.4 is 4.74 Å². The second-order valence-corrected chi connectivity index (χ2v) is 2.52. The Morgan fingerprint density at radius 1 is 1.78 bits per heavy atom. The minimum atomic E-state index is 0.825. The molecule has 1 aromatic rings. The van der Waals surface area contributed by atoms with E-state index >= 15 is 0 Å². The van der Waals surface area contributed by atoms with E-state index in [4.69, 9.17) is 4.74 Å². The first kappa shape index (κ1) is 6.80. The van der Waals surface area contributed by atoms with Crippen LogP contribution in [0.15, 0.2) is 12.3 Å². The van der Waals surface area contributed by atoms with Gasteiger partial charge in [0, 0.05) is 6.20 Å². The minimum Gasteiger partial charge on any atom is -0.496 e. The summed E-state index contributed by atoms with van der Waals surface area (Å²) in [7, 11) is 1.63. The van der Waals surface area contributed by atoms with Gasteiger partial charge in [-0.1, -0.05) is 0 Å². The molecule has 9 heavy (non-hydrogen) atoms. The second-order valence-electron chi connectivity index (χ2n) is 1.44. The van der Waals surface area contributed by atoms with Crippen LogP contribution in [0.1, 0.15) is 0 Å². The number of rotatable bonds is 1. The molecule has 0 aromatic carbocycles. The van der Waals surface area contributed by atoms with Crippen molar-refractivity contribution < 1.29 is 4.74 Å². The van der Waals surface area contributed by atoms with Gasteiger partial charge in [0.05, 0.1) is 10.7 Å². The lowest BCUT2D eigenvalue weighted by Gasteiger charge is -1.98. The number of halogens is 1. The second kappa shape index (κ2) is 3.00. The van der Waals surface area contributed by atoms with Crippen LogP contribution in [0.2, 0.25) is 0 Å². The largest absolute Gasteiger partial charge is 0.496 e. The molecule has 47 valence electrons. The maximum Gasteiger partial charge on any atom is 0.135 e. The summed E-state index contributed by atoms with van der Waals surface area (Å²) in [6, 6.07) is 1.80. The van der Waals surface area contributed by atoms with Crippen LogP contribution in [0.25, 0.3) is 0 Å². The van der Waals surface area contributed by atoms with Crippen molar-refractivity contribution in [1.29, 1.82) is 0 Å². The van der Waals surface area contributed by atoms with Gasteiger partial charge < -0.3 is 4.74 Å². The first-order valence-corrected chi connectivity index (χ1v) is 3.48. The van der Waals surface area contributed by atoms with Crippen molar-refractivity contribution in [1.82, 2.24) is 4.98 Å². The number of pyridine rings is 1. The summed E-state index contributed by atoms with van der Waals surface area (Å²) in [5.74, 6) is 0.825. The topological polar surface area (TPSA) is 22.1 Å². The van der Waals surface area contributed by atoms with E-state index in [1.807, 2.05) is 0 Å². The van der Waals surface area contributed by atoms with Gasteiger partial charge in [-0.2, -0.15) is 0 Å². The van der Waals surface area contributed by atoms with Crippen LogP contribution in [0.5, 0.6) is 5.75 Å². The molecule has 0 fully saturated rings. The van der Waals surface area contributed by atoms with E-state index < -0.39 is 0 Å². The van der Waals surface area contributed by atoms with Crippen molar-refractivity contribution in [3.63, 3.8) is 0 Å². The molecule has 3 heteroatoms. The Balaban J connectivity index is 3.01. The monoisotopic (exact) mass is 234 g/mol. The predicted molar refractivity (Wildman–Crippen MR) is 42.3 cm³/mol. The summed E-state index contributed by atoms with van der Waals surface area (Å²) >= 11 is 2.12. The van der Waals surface area contributed by atoms with Gasteiger partial charge in [-0.25, -0.2) is 0 Å². The molecule has 1 radical (unpaired) electrons. The average Bonchev–Trinajstić information content (AvgIpc) is 1.89. The van der Waals surface area contributed by atoms with E-state index in [-0.39, 0.29) is 0 Å². The number of methoxy groups -OCH3 is 1. The lowest BCUT2D eigenvalue weighted by Crippen LogP contribution is -1.86. The highest BCUT2D eigenvalue weighted by atomic mass is 127. The van der Waals surface area contributed by atoms with E-state index in [0.29, 0.717) is 0 Å². The fourth-order valence-corrected chi connectivity index (χ4v) is 1.02. The Hall–Kier alpha value is -0.320. The average molecular weight is 234 g/mol. The number of ether oxygens (including phenoxy) is 1. The summed E-state index contributed by atoms with van der Waals surface area (Å²) in [5.41, 5.74) is 0. The molecular weight excluding hydrogens is 229 g/mol. The molecule has 1 heterocycles. The third-order valence-electron chi connectivity index (χ3n) is 0.899. The van der Waals surface area contributed by atoms with Crippen molar-refractivity contribution in [2.24, 2.45) is 0 Å². The molecule has 0 aliphatic carbocycles. The molecule has 0 unspecified atom stereocenters. The molecule has 0 N–H and O–H groups in total. The van der Waals surface area contributed by atoms with Crippen molar-refractivity contribution >= 4 is 22.6 Å². The SMILES string of the molecule is COc1ccn[c]c1I. The Morgan fingerprint density at radius 2 is 2.56 bits per heavy atom. The molecule has 0 saturated carbocycles. The quantitative estimate of drug-likeness (QED) is 0.687. The maximum absolute atomic E-state index is 4.97. The molecule has 0 amide bonds. The summed E-state index contributed by atoms with van der Waals surface area (Å²) < 4.78 is 5.88. The first-order valence-electron chi connectivity index (χ1n) is 2.41. The van der Waals surface area contributed by atoms with Crippen LogP contribution in [0.4, 0.5) is 0 Å². The van der Waals surface area contributed by atoms with Crippen molar-refractivity contribution in [3.05, 3.63) is 22.0 Å². The van der Waals surface area contributed by atoms with Gasteiger partial charge in [-0.3, -0.25) is 4.98 Å². The summed E-state index contributed by atoms with van der Waals surface area (Å²) in [6.07, 6.45) is 4.42. The zero-order valence-electron chi connectivity index (χ0n) is 4.89. The van der Waals surface area contributed by atoms with Crippen LogP contribution in [0, 0.1) is 9.77 Å². The molecule has 0 atom stereocenters. The fourth-order valence-electron chi connectivity index (χ4n) is 0.485. The number of aromatic nitrogens is 1. The first-order chi connectivity index (χ1) is 4.34. The van der Waals surface area contributed by atoms with Gasteiger partial charge in [-0.05, 0) is 28.7 Å². The van der Waals surface area contributed by atoms with E-state index in [0.717, 1.165) is 9.32 Å². The number of hydrogen-bond donors (Lipinski definition) is 0. The Labute approximate surface area is 67.4 Å². The summed E-state index contributed by atoms with van der Waals surface area (Å²) in [5, 5.41) is 0. The molecule has 1 rings (SSSR count). The van der Waals surface area contributed by atoms with E-state index in [2.05, 4.69) is 33.8 Å². The third-order valence-corrected chi connectivity index (χ3v) is 1.67. The molecule has 0 aliphatic heterocycles. The van der Waals surface area contributed by atoms with Crippen LogP contribution in [-0.4, -0.2) is 12.1 Å². The van der Waals surface area contributed by atoms with Crippen molar-refractivity contribution in [2.45, 2.75) is 0 Å². The van der Waals surface area contributed by atoms with Gasteiger partial charge in [0.2, 0.25) is 0 Å². The Morgan fingerprint density at radius 3 is 3.00 bits per heavy atom. The smallest absolute Gasteiger partial charge is 0.135 e. The molecular formula is C6H5INO. The molecule has 2 nitrogen and oxygen atoms in total. The van der Waals surface area contributed by atoms with Gasteiger partial charge in [0.1, 0.15) is 11.9 Å². The highest BCUT2D eigenvalue weighted by Crippen LogP contribution is 2.16. The maximum atomic E-state index is 4.97. The molecule has 0 saturated heterocycles. The van der Waals surface area contributed by atoms with Crippen LogP contribution in [0.3, 0.4) is 0 Å². The Kier molecular flexibility index (Phi) is 2.27. The van der Waals surface area contributed by atoms with Crippen molar-refractivity contribution in [2.75, 3.05) is 7.11 Å². The Bertz CT molecular complexity index is 202. The summed E-state index contributed by atoms with van der Waals surface area (Å²) in [6.45, 7) is 0. The van der Waals surface area contributed by atoms with Gasteiger partial charge in [0.15, 0.2) is 0 Å². The normalized spacial score (nSPS) is 9.11. The fraction of sp³-hybridized carbons (Fsp3) is 0.167. The summed E-state index contributed by atoms with van der Waals surface area (Å²) in [4.78, 5) is 3.78. The van der Waals surface area contributed by atoms with Gasteiger partial charge >= 0.3 is 0 Å². The standard InChI is InChI=1S/C6H5INO/c1-9-6-2-3-8-4-5(6)7/h2-3H,1H3. The highest BCUT2D eigenvalue weighted by molar-refractivity contribution is 14.1. The lowest BCUT2D eigenvalue weighted by molar-refractivity contribution is 0.411. The van der Waals surface area contributed by atoms with Gasteiger partial charge in [0.25, 0.3) is 0 Å². The lowest BCUT2D eigenvalue weighted by atomic mass is 10.5. The van der Waals surface area contributed by atoms with Crippen LogP contribution >= 0.6 is 22.6 Å². The third kappa shape index (κ3) is 1.54. The zero-order chi connectivity index (χ0) is 6.69. The number of hydrogen-bond acceptors (Lipinski definition) is 2. The van der Waals surface area contributed by atoms with Crippen LogP contribution in [-0.2, 0) is 0 Å². The zero-order valence-corrected chi connectivity index (χ0v) is 7.05. The molecule has 0 bridgehead atoms. The highest BCUT2D eigenvalue weighted by Gasteiger charge is 1.94. The van der Waals surface area contributed by atoms with E-state index in [1.54, 1.807) is 19.4 Å². The predicted octanol–water partition coefficient (Wildman–Crippen LogP) is 1.49. The van der Waals surface area contributed by atoms with Gasteiger partial charge in [-0.15, -0.1) is 0 Å². The van der Waals surface area contributed by atoms with Crippen molar-refractivity contribution in [3.8, 4) is 5.75 Å². The number of nitrogens with zero attached hydrogens (tertiary/aromatic N) is 1. The minimum absolute atomic E-state index is 0.825. The van der Waals surface area contributed by atoms with E-state index in [9.17, 15) is 0 Å². The molecule has 1 aromatic heterocycles. The van der Waals surface area contributed by atoms with E-state index in [1.165, 1.54) is 0 Å². The molecule has 0 aliphatic rings. The molecule has 0 spiro atoms.